The molecule has 36 heavy (non-hydrogen) atoms. The zero-order chi connectivity index (χ0) is 26.5. The van der Waals surface area contributed by atoms with Crippen LogP contribution in [0.5, 0.6) is 0 Å². The van der Waals surface area contributed by atoms with Gasteiger partial charge in [-0.15, -0.1) is 11.3 Å². The van der Waals surface area contributed by atoms with E-state index in [4.69, 9.17) is 20.9 Å². The molecule has 2 unspecified atom stereocenters. The Morgan fingerprint density at radius 1 is 1.22 bits per heavy atom. The molecule has 0 bridgehead atoms. The molecule has 2 N–H and O–H groups in total. The van der Waals surface area contributed by atoms with Crippen LogP contribution in [-0.4, -0.2) is 29.9 Å². The fourth-order valence-corrected chi connectivity index (χ4v) is 5.61. The number of hydrogen-bond acceptors (Lipinski definition) is 7. The topological polar surface area (TPSA) is 111 Å². The lowest BCUT2D eigenvalue weighted by molar-refractivity contribution is -0.120. The minimum atomic E-state index is -4.84. The van der Waals surface area contributed by atoms with Gasteiger partial charge in [-0.05, 0) is 72.7 Å². The van der Waals surface area contributed by atoms with E-state index in [0.29, 0.717) is 15.1 Å². The van der Waals surface area contributed by atoms with Crippen molar-refractivity contribution in [2.45, 2.75) is 25.6 Å². The fraction of sp³-hybridized carbons (Fsp3) is 0.217. The van der Waals surface area contributed by atoms with E-state index >= 15 is 0 Å². The Bertz CT molecular complexity index is 1350. The van der Waals surface area contributed by atoms with Gasteiger partial charge in [0.2, 0.25) is 12.7 Å². The van der Waals surface area contributed by atoms with Crippen LogP contribution in [0.3, 0.4) is 0 Å². The van der Waals surface area contributed by atoms with Crippen LogP contribution in [0.25, 0.3) is 16.2 Å². The van der Waals surface area contributed by atoms with E-state index in [-0.39, 0.29) is 11.1 Å². The number of halogens is 3. The van der Waals surface area contributed by atoms with Crippen LogP contribution in [-0.2, 0) is 23.4 Å². The van der Waals surface area contributed by atoms with Gasteiger partial charge >= 0.3 is 13.8 Å². The number of carbonyl (C=O) groups excluding carboxylic acids is 2. The highest BCUT2D eigenvalue weighted by Gasteiger charge is 2.41. The van der Waals surface area contributed by atoms with Crippen molar-refractivity contribution >= 4 is 58.8 Å². The molecule has 2 aromatic carbocycles. The maximum absolute atomic E-state index is 13.9. The molecule has 0 saturated carbocycles. The molecule has 0 aliphatic carbocycles. The average Bonchev–Trinajstić information content (AvgIpc) is 3.18. The predicted octanol–water partition coefficient (Wildman–Crippen LogP) is 6.38. The highest BCUT2D eigenvalue weighted by molar-refractivity contribution is 7.54. The largest absolute Gasteiger partial charge is 0.510 e. The van der Waals surface area contributed by atoms with Crippen molar-refractivity contribution in [1.82, 2.24) is 5.32 Å². The van der Waals surface area contributed by atoms with Crippen molar-refractivity contribution in [3.05, 3.63) is 75.8 Å². The number of nitrogens with one attached hydrogen (secondary N) is 1. The summed E-state index contributed by atoms with van der Waals surface area (Å²) < 4.78 is 55.5. The van der Waals surface area contributed by atoms with E-state index in [9.17, 15) is 27.8 Å². The summed E-state index contributed by atoms with van der Waals surface area (Å²) in [6.45, 7) is 2.20. The Balaban J connectivity index is 1.88. The number of ether oxygens (including phenoxy) is 2. The quantitative estimate of drug-likeness (QED) is 0.178. The first kappa shape index (κ1) is 27.8. The first-order valence-electron chi connectivity index (χ1n) is 10.4. The molecular weight excluding hydrogens is 539 g/mol. The van der Waals surface area contributed by atoms with Crippen molar-refractivity contribution in [3.63, 3.8) is 0 Å². The summed E-state index contributed by atoms with van der Waals surface area (Å²) in [7, 11) is -4.84. The minimum Gasteiger partial charge on any atom is -0.432 e. The highest BCUT2D eigenvalue weighted by Crippen LogP contribution is 2.58. The predicted molar refractivity (Wildman–Crippen MR) is 132 cm³/mol. The van der Waals surface area contributed by atoms with Crippen molar-refractivity contribution in [2.24, 2.45) is 0 Å². The van der Waals surface area contributed by atoms with Crippen molar-refractivity contribution in [3.8, 4) is 0 Å². The molecule has 192 valence electrons. The fourth-order valence-electron chi connectivity index (χ4n) is 3.08. The number of hydrogen-bond donors (Lipinski definition) is 2. The van der Waals surface area contributed by atoms with Gasteiger partial charge in [-0.2, -0.15) is 0 Å². The summed E-state index contributed by atoms with van der Waals surface area (Å²) in [6.07, 6.45) is 0.475. The smallest absolute Gasteiger partial charge is 0.432 e. The van der Waals surface area contributed by atoms with Crippen molar-refractivity contribution in [2.75, 3.05) is 6.79 Å². The number of amides is 1. The summed E-state index contributed by atoms with van der Waals surface area (Å²) in [4.78, 5) is 35.4. The highest BCUT2D eigenvalue weighted by atomic mass is 35.5. The second-order valence-electron chi connectivity index (χ2n) is 7.61. The van der Waals surface area contributed by atoms with E-state index in [1.54, 1.807) is 26.0 Å². The van der Waals surface area contributed by atoms with Gasteiger partial charge in [0.15, 0.2) is 5.66 Å². The summed E-state index contributed by atoms with van der Waals surface area (Å²) in [5, 5.41) is 4.56. The van der Waals surface area contributed by atoms with Crippen LogP contribution in [0, 0.1) is 11.6 Å². The first-order chi connectivity index (χ1) is 17.0. The number of thiophene rings is 1. The summed E-state index contributed by atoms with van der Waals surface area (Å²) >= 11 is 7.28. The number of carbonyl (C=O) groups is 2. The summed E-state index contributed by atoms with van der Waals surface area (Å²) in [5.41, 5.74) is -1.80. The van der Waals surface area contributed by atoms with Gasteiger partial charge in [0.1, 0.15) is 11.6 Å². The molecule has 3 rings (SSSR count). The standard InChI is InChI=1S/C23H21ClF2NO7PS/c1-13(2)34-23(29)32-12-33-35(30,31)21(18-11-36-20-6-3-15(24)10-17(18)20)22(28)27-8-7-14-9-16(25)4-5-19(14)26/h3-11,13,21H,12H2,1-2H3,(H,27,28)(H,30,31)/b8-7+. The van der Waals surface area contributed by atoms with Gasteiger partial charge in [-0.3, -0.25) is 13.9 Å². The van der Waals surface area contributed by atoms with Crippen LogP contribution in [0.1, 0.15) is 30.6 Å². The maximum atomic E-state index is 13.9. The molecule has 1 amide bonds. The van der Waals surface area contributed by atoms with Gasteiger partial charge in [-0.1, -0.05) is 11.6 Å². The Hall–Kier alpha value is -2.82. The lowest BCUT2D eigenvalue weighted by atomic mass is 10.1. The lowest BCUT2D eigenvalue weighted by Crippen LogP contribution is -2.26. The number of benzene rings is 2. The van der Waals surface area contributed by atoms with Gasteiger partial charge in [-0.25, -0.2) is 13.6 Å². The van der Waals surface area contributed by atoms with Crippen LogP contribution in [0.2, 0.25) is 5.02 Å². The van der Waals surface area contributed by atoms with E-state index < -0.39 is 49.8 Å². The molecule has 13 heteroatoms. The minimum absolute atomic E-state index is 0.135. The van der Waals surface area contributed by atoms with Crippen LogP contribution in [0.4, 0.5) is 13.6 Å². The molecule has 1 heterocycles. The molecule has 1 aromatic heterocycles. The third kappa shape index (κ3) is 7.11. The molecule has 0 aliphatic heterocycles. The molecule has 0 saturated heterocycles. The molecule has 3 aromatic rings. The Morgan fingerprint density at radius 2 is 1.97 bits per heavy atom. The molecule has 2 atom stereocenters. The van der Waals surface area contributed by atoms with Crippen molar-refractivity contribution in [1.29, 1.82) is 0 Å². The van der Waals surface area contributed by atoms with Gasteiger partial charge < -0.3 is 19.7 Å². The lowest BCUT2D eigenvalue weighted by Gasteiger charge is -2.21. The second-order valence-corrected chi connectivity index (χ2v) is 10.9. The summed E-state index contributed by atoms with van der Waals surface area (Å²) in [6, 6.07) is 7.60. The monoisotopic (exact) mass is 559 g/mol. The first-order valence-corrected chi connectivity index (χ1v) is 13.3. The average molecular weight is 560 g/mol. The zero-order valence-corrected chi connectivity index (χ0v) is 21.4. The van der Waals surface area contributed by atoms with E-state index in [0.717, 1.165) is 30.5 Å². The number of fused-ring (bicyclic) bond motifs is 1. The maximum Gasteiger partial charge on any atom is 0.510 e. The summed E-state index contributed by atoms with van der Waals surface area (Å²) in [5.74, 6) is -2.41. The van der Waals surface area contributed by atoms with E-state index in [1.807, 2.05) is 0 Å². The molecule has 8 nitrogen and oxygen atoms in total. The SMILES string of the molecule is CC(C)OC(=O)OCOP(=O)(O)C(C(=O)N/C=C/c1cc(F)ccc1F)c1csc2ccc(Cl)cc12. The van der Waals surface area contributed by atoms with Crippen LogP contribution < -0.4 is 5.32 Å². The molecule has 0 fully saturated rings. The normalized spacial score (nSPS) is 14.1. The van der Waals surface area contributed by atoms with E-state index in [1.165, 1.54) is 22.8 Å². The van der Waals surface area contributed by atoms with Gasteiger partial charge in [0.25, 0.3) is 0 Å². The molecule has 0 spiro atoms. The Morgan fingerprint density at radius 3 is 2.69 bits per heavy atom. The Kier molecular flexibility index (Phi) is 9.21. The number of rotatable bonds is 9. The van der Waals surface area contributed by atoms with Gasteiger partial charge in [0, 0.05) is 21.5 Å². The van der Waals surface area contributed by atoms with Crippen LogP contribution >= 0.6 is 30.5 Å². The zero-order valence-electron chi connectivity index (χ0n) is 18.9. The molecular formula is C23H21ClF2NO7PS. The second kappa shape index (κ2) is 11.9. The van der Waals surface area contributed by atoms with Crippen molar-refractivity contribution < 1.29 is 41.8 Å². The Labute approximate surface area is 214 Å². The van der Waals surface area contributed by atoms with E-state index in [2.05, 4.69) is 10.1 Å². The third-order valence-corrected chi connectivity index (χ3v) is 7.49. The molecule has 0 radical (unpaired) electrons. The molecule has 0 aliphatic rings. The van der Waals surface area contributed by atoms with Gasteiger partial charge in [0.05, 0.1) is 6.10 Å². The third-order valence-electron chi connectivity index (χ3n) is 4.63. The van der Waals surface area contributed by atoms with Crippen LogP contribution in [0.15, 0.2) is 48.0 Å².